The molecule has 0 fully saturated rings. The average molecular weight is 372 g/mol. The molecule has 0 unspecified atom stereocenters. The zero-order valence-electron chi connectivity index (χ0n) is 13.0. The molecular weight excluding hydrogens is 358 g/mol. The predicted octanol–water partition coefficient (Wildman–Crippen LogP) is 4.42. The first-order valence-corrected chi connectivity index (χ1v) is 9.29. The van der Waals surface area contributed by atoms with E-state index in [1.165, 1.54) is 24.3 Å². The minimum Gasteiger partial charge on any atom is -0.280 e. The van der Waals surface area contributed by atoms with Gasteiger partial charge in [0.15, 0.2) is 0 Å². The van der Waals surface area contributed by atoms with Crippen molar-refractivity contribution in [3.05, 3.63) is 78.4 Å². The van der Waals surface area contributed by atoms with E-state index in [-0.39, 0.29) is 4.90 Å². The third-order valence-corrected chi connectivity index (χ3v) is 5.08. The molecule has 0 amide bonds. The van der Waals surface area contributed by atoms with Crippen LogP contribution in [-0.2, 0) is 14.8 Å². The van der Waals surface area contributed by atoms with E-state index >= 15 is 0 Å². The van der Waals surface area contributed by atoms with Crippen LogP contribution >= 0.6 is 11.6 Å². The third-order valence-electron chi connectivity index (χ3n) is 3.58. The van der Waals surface area contributed by atoms with Crippen molar-refractivity contribution in [2.75, 3.05) is 4.72 Å². The summed E-state index contributed by atoms with van der Waals surface area (Å²) in [5.74, 6) is 0. The molecule has 3 aromatic rings. The van der Waals surface area contributed by atoms with Crippen LogP contribution in [0.15, 0.2) is 77.7 Å². The van der Waals surface area contributed by atoms with Crippen LogP contribution in [0.3, 0.4) is 0 Å². The van der Waals surface area contributed by atoms with E-state index < -0.39 is 15.3 Å². The second kappa shape index (κ2) is 7.09. The molecule has 6 heteroatoms. The van der Waals surface area contributed by atoms with Crippen molar-refractivity contribution in [1.82, 2.24) is 0 Å². The molecule has 25 heavy (non-hydrogen) atoms. The maximum atomic E-state index is 12.6. The van der Waals surface area contributed by atoms with Crippen LogP contribution in [0.25, 0.3) is 16.8 Å². The van der Waals surface area contributed by atoms with Crippen LogP contribution in [-0.4, -0.2) is 13.7 Å². The fourth-order valence-corrected chi connectivity index (χ4v) is 3.58. The Bertz CT molecular complexity index is 1070. The van der Waals surface area contributed by atoms with E-state index in [0.717, 1.165) is 10.8 Å². The van der Waals surface area contributed by atoms with Crippen molar-refractivity contribution in [2.45, 2.75) is 4.90 Å². The topological polar surface area (TPSA) is 63.2 Å². The van der Waals surface area contributed by atoms with Crippen LogP contribution < -0.4 is 4.72 Å². The van der Waals surface area contributed by atoms with Crippen LogP contribution in [0.1, 0.15) is 5.56 Å². The fourth-order valence-electron chi connectivity index (χ4n) is 2.41. The molecule has 0 aromatic heterocycles. The highest BCUT2D eigenvalue weighted by Gasteiger charge is 2.14. The number of hydrogen-bond acceptors (Lipinski definition) is 3. The van der Waals surface area contributed by atoms with E-state index in [1.807, 2.05) is 30.3 Å². The Kier molecular flexibility index (Phi) is 4.88. The Morgan fingerprint density at radius 2 is 1.68 bits per heavy atom. The van der Waals surface area contributed by atoms with E-state index in [2.05, 4.69) is 4.72 Å². The molecule has 3 aromatic carbocycles. The number of allylic oxidation sites excluding steroid dienone is 1. The molecule has 0 bridgehead atoms. The number of fused-ring (bicyclic) bond motifs is 1. The summed E-state index contributed by atoms with van der Waals surface area (Å²) in [6.45, 7) is 0. The molecule has 0 aliphatic heterocycles. The Hall–Kier alpha value is -2.63. The molecule has 0 saturated carbocycles. The minimum absolute atomic E-state index is 0.102. The van der Waals surface area contributed by atoms with E-state index in [0.29, 0.717) is 11.3 Å². The molecule has 0 atom stereocenters. The number of hydrogen-bond donors (Lipinski definition) is 1. The molecule has 0 aliphatic carbocycles. The molecule has 0 saturated heterocycles. The van der Waals surface area contributed by atoms with Gasteiger partial charge >= 0.3 is 0 Å². The van der Waals surface area contributed by atoms with Gasteiger partial charge in [0.2, 0.25) is 5.24 Å². The maximum Gasteiger partial charge on any atom is 0.261 e. The summed E-state index contributed by atoms with van der Waals surface area (Å²) in [4.78, 5) is 10.9. The maximum absolute atomic E-state index is 12.6. The molecular formula is C19H14ClNO3S. The zero-order chi connectivity index (χ0) is 17.9. The molecule has 0 radical (unpaired) electrons. The lowest BCUT2D eigenvalue weighted by Crippen LogP contribution is -2.13. The van der Waals surface area contributed by atoms with Gasteiger partial charge in [0.05, 0.1) is 4.90 Å². The van der Waals surface area contributed by atoms with Crippen molar-refractivity contribution in [1.29, 1.82) is 0 Å². The first-order chi connectivity index (χ1) is 11.9. The number of halogens is 1. The summed E-state index contributed by atoms with van der Waals surface area (Å²) in [6, 6.07) is 19.3. The summed E-state index contributed by atoms with van der Waals surface area (Å²) in [7, 11) is -3.74. The van der Waals surface area contributed by atoms with Crippen LogP contribution in [0.4, 0.5) is 5.69 Å². The molecule has 0 heterocycles. The Morgan fingerprint density at radius 1 is 0.920 bits per heavy atom. The number of carbonyl (C=O) groups is 1. The van der Waals surface area contributed by atoms with Gasteiger partial charge < -0.3 is 0 Å². The summed E-state index contributed by atoms with van der Waals surface area (Å²) >= 11 is 5.26. The van der Waals surface area contributed by atoms with Crippen LogP contribution in [0.2, 0.25) is 0 Å². The fraction of sp³-hybridized carbons (Fsp3) is 0. The second-order valence-corrected chi connectivity index (χ2v) is 7.43. The molecule has 1 N–H and O–H groups in total. The van der Waals surface area contributed by atoms with Crippen molar-refractivity contribution in [3.8, 4) is 0 Å². The third kappa shape index (κ3) is 4.26. The molecule has 0 aliphatic rings. The van der Waals surface area contributed by atoms with Gasteiger partial charge in [0.25, 0.3) is 10.0 Å². The molecule has 4 nitrogen and oxygen atoms in total. The number of anilines is 1. The van der Waals surface area contributed by atoms with E-state index in [1.54, 1.807) is 24.3 Å². The number of rotatable bonds is 5. The molecule has 126 valence electrons. The molecule has 0 spiro atoms. The Labute approximate surface area is 150 Å². The largest absolute Gasteiger partial charge is 0.280 e. The zero-order valence-corrected chi connectivity index (χ0v) is 14.6. The van der Waals surface area contributed by atoms with Crippen molar-refractivity contribution < 1.29 is 13.2 Å². The van der Waals surface area contributed by atoms with Crippen LogP contribution in [0.5, 0.6) is 0 Å². The lowest BCUT2D eigenvalue weighted by molar-refractivity contribution is -0.107. The van der Waals surface area contributed by atoms with Gasteiger partial charge in [-0.1, -0.05) is 48.5 Å². The SMILES string of the molecule is O=C(Cl)/C=C/c1cccc(S(=O)(=O)Nc2ccc3ccccc3c2)c1. The van der Waals surface area contributed by atoms with Gasteiger partial charge in [-0.25, -0.2) is 8.42 Å². The number of sulfonamides is 1. The quantitative estimate of drug-likeness (QED) is 0.533. The Balaban J connectivity index is 1.90. The summed E-state index contributed by atoms with van der Waals surface area (Å²) in [5, 5.41) is 1.35. The Morgan fingerprint density at radius 3 is 2.44 bits per heavy atom. The van der Waals surface area contributed by atoms with Crippen molar-refractivity contribution in [3.63, 3.8) is 0 Å². The second-order valence-electron chi connectivity index (χ2n) is 5.38. The average Bonchev–Trinajstić information content (AvgIpc) is 2.60. The standard InChI is InChI=1S/C19H14ClNO3S/c20-19(22)11-8-14-4-3-7-18(12-14)25(23,24)21-17-10-9-15-5-1-2-6-16(15)13-17/h1-13,21H/b11-8+. The van der Waals surface area contributed by atoms with Gasteiger partial charge in [-0.2, -0.15) is 0 Å². The normalized spacial score (nSPS) is 11.7. The van der Waals surface area contributed by atoms with Crippen molar-refractivity contribution >= 4 is 49.4 Å². The first-order valence-electron chi connectivity index (χ1n) is 7.43. The highest BCUT2D eigenvalue weighted by atomic mass is 35.5. The van der Waals surface area contributed by atoms with E-state index in [9.17, 15) is 13.2 Å². The minimum atomic E-state index is -3.74. The lowest BCUT2D eigenvalue weighted by Gasteiger charge is -2.09. The lowest BCUT2D eigenvalue weighted by atomic mass is 10.1. The summed E-state index contributed by atoms with van der Waals surface area (Å²) in [5.41, 5.74) is 1.05. The smallest absolute Gasteiger partial charge is 0.261 e. The predicted molar refractivity (Wildman–Crippen MR) is 101 cm³/mol. The van der Waals surface area contributed by atoms with E-state index in [4.69, 9.17) is 11.6 Å². The highest BCUT2D eigenvalue weighted by molar-refractivity contribution is 7.92. The number of carbonyl (C=O) groups excluding carboxylic acids is 1. The number of nitrogens with one attached hydrogen (secondary N) is 1. The first kappa shape index (κ1) is 17.2. The summed E-state index contributed by atoms with van der Waals surface area (Å²) < 4.78 is 27.8. The van der Waals surface area contributed by atoms with Gasteiger partial charge in [-0.15, -0.1) is 0 Å². The molecule has 3 rings (SSSR count). The van der Waals surface area contributed by atoms with Gasteiger partial charge in [0.1, 0.15) is 0 Å². The van der Waals surface area contributed by atoms with Gasteiger partial charge in [-0.05, 0) is 58.3 Å². The van der Waals surface area contributed by atoms with Crippen molar-refractivity contribution in [2.24, 2.45) is 0 Å². The number of benzene rings is 3. The van der Waals surface area contributed by atoms with Crippen LogP contribution in [0, 0.1) is 0 Å². The van der Waals surface area contributed by atoms with Gasteiger partial charge in [-0.3, -0.25) is 9.52 Å². The summed E-state index contributed by atoms with van der Waals surface area (Å²) in [6.07, 6.45) is 2.63. The monoisotopic (exact) mass is 371 g/mol. The highest BCUT2D eigenvalue weighted by Crippen LogP contribution is 2.22. The van der Waals surface area contributed by atoms with Gasteiger partial charge in [0, 0.05) is 5.69 Å².